The van der Waals surface area contributed by atoms with Crippen LogP contribution in [0.25, 0.3) is 0 Å². The third-order valence-corrected chi connectivity index (χ3v) is 5.28. The monoisotopic (exact) mass is 354 g/mol. The highest BCUT2D eigenvalue weighted by atomic mass is 16.2. The van der Waals surface area contributed by atoms with E-state index in [0.29, 0.717) is 11.7 Å². The van der Waals surface area contributed by atoms with Crippen molar-refractivity contribution in [2.24, 2.45) is 0 Å². The van der Waals surface area contributed by atoms with Gasteiger partial charge in [-0.2, -0.15) is 0 Å². The number of carbonyl (C=O) groups excluding carboxylic acids is 1. The summed E-state index contributed by atoms with van der Waals surface area (Å²) in [6, 6.07) is 11.0. The first-order chi connectivity index (χ1) is 12.8. The molecule has 1 amide bonds. The molecule has 2 fully saturated rings. The van der Waals surface area contributed by atoms with Crippen molar-refractivity contribution in [2.45, 2.75) is 37.9 Å². The summed E-state index contributed by atoms with van der Waals surface area (Å²) in [4.78, 5) is 14.9. The molecule has 0 bridgehead atoms. The maximum absolute atomic E-state index is 12.5. The summed E-state index contributed by atoms with van der Waals surface area (Å²) in [5.74, 6) is -0.114. The minimum absolute atomic E-state index is 0.114. The number of nitrogens with zero attached hydrogens (tertiary/aromatic N) is 4. The van der Waals surface area contributed by atoms with Crippen molar-refractivity contribution in [3.63, 3.8) is 0 Å². The van der Waals surface area contributed by atoms with Crippen LogP contribution in [0.2, 0.25) is 0 Å². The molecule has 4 rings (SSSR count). The molecule has 138 valence electrons. The second-order valence-corrected chi connectivity index (χ2v) is 7.24. The third-order valence-electron chi connectivity index (χ3n) is 5.28. The minimum Gasteiger partial charge on any atom is -0.347 e. The Morgan fingerprint density at radius 3 is 2.81 bits per heavy atom. The number of amides is 1. The standard InChI is InChI=1S/C19H26N6O/c26-19(18-14-25(23-22-18)17-6-9-20-10-7-17)21-16-8-11-24(13-16)12-15-4-2-1-3-5-15/h1-5,14,16-17,20H,6-13H2,(H,21,26). The average Bonchev–Trinajstić information content (AvgIpc) is 3.33. The van der Waals surface area contributed by atoms with Gasteiger partial charge in [0.15, 0.2) is 5.69 Å². The number of hydrogen-bond donors (Lipinski definition) is 2. The zero-order valence-electron chi connectivity index (χ0n) is 15.0. The first-order valence-electron chi connectivity index (χ1n) is 9.47. The Balaban J connectivity index is 1.29. The normalized spacial score (nSPS) is 21.8. The maximum Gasteiger partial charge on any atom is 0.273 e. The number of rotatable bonds is 5. The Hall–Kier alpha value is -2.25. The Bertz CT molecular complexity index is 725. The van der Waals surface area contributed by atoms with Crippen molar-refractivity contribution in [1.82, 2.24) is 30.5 Å². The molecule has 1 unspecified atom stereocenters. The van der Waals surface area contributed by atoms with Crippen LogP contribution in [-0.2, 0) is 6.54 Å². The van der Waals surface area contributed by atoms with E-state index in [0.717, 1.165) is 52.0 Å². The van der Waals surface area contributed by atoms with Gasteiger partial charge in [-0.05, 0) is 37.9 Å². The van der Waals surface area contributed by atoms with Crippen LogP contribution in [0.4, 0.5) is 0 Å². The molecular weight excluding hydrogens is 328 g/mol. The van der Waals surface area contributed by atoms with Gasteiger partial charge in [-0.3, -0.25) is 9.69 Å². The number of carbonyl (C=O) groups is 1. The van der Waals surface area contributed by atoms with Crippen molar-refractivity contribution < 1.29 is 4.79 Å². The van der Waals surface area contributed by atoms with Crippen LogP contribution >= 0.6 is 0 Å². The molecule has 3 heterocycles. The second kappa shape index (κ2) is 7.97. The van der Waals surface area contributed by atoms with Crippen molar-refractivity contribution in [3.8, 4) is 0 Å². The Kier molecular flexibility index (Phi) is 5.26. The second-order valence-electron chi connectivity index (χ2n) is 7.24. The van der Waals surface area contributed by atoms with Crippen LogP contribution in [0.15, 0.2) is 36.5 Å². The van der Waals surface area contributed by atoms with E-state index in [4.69, 9.17) is 0 Å². The summed E-state index contributed by atoms with van der Waals surface area (Å²) >= 11 is 0. The van der Waals surface area contributed by atoms with Crippen LogP contribution in [-0.4, -0.2) is 58.0 Å². The van der Waals surface area contributed by atoms with E-state index in [9.17, 15) is 4.79 Å². The summed E-state index contributed by atoms with van der Waals surface area (Å²) < 4.78 is 1.85. The molecular formula is C19H26N6O. The van der Waals surface area contributed by atoms with Gasteiger partial charge in [0.25, 0.3) is 5.91 Å². The lowest BCUT2D eigenvalue weighted by atomic mass is 10.1. The van der Waals surface area contributed by atoms with Gasteiger partial charge in [0.2, 0.25) is 0 Å². The molecule has 2 N–H and O–H groups in total. The number of aromatic nitrogens is 3. The van der Waals surface area contributed by atoms with Gasteiger partial charge >= 0.3 is 0 Å². The predicted octanol–water partition coefficient (Wildman–Crippen LogP) is 1.21. The largest absolute Gasteiger partial charge is 0.347 e. The smallest absolute Gasteiger partial charge is 0.273 e. The maximum atomic E-state index is 12.5. The predicted molar refractivity (Wildman–Crippen MR) is 98.8 cm³/mol. The Morgan fingerprint density at radius 2 is 2.00 bits per heavy atom. The van der Waals surface area contributed by atoms with Crippen molar-refractivity contribution in [3.05, 3.63) is 47.8 Å². The van der Waals surface area contributed by atoms with Gasteiger partial charge in [0.1, 0.15) is 0 Å². The molecule has 2 aromatic rings. The first-order valence-corrected chi connectivity index (χ1v) is 9.47. The lowest BCUT2D eigenvalue weighted by molar-refractivity contribution is 0.0932. The van der Waals surface area contributed by atoms with E-state index in [1.807, 2.05) is 10.7 Å². The summed E-state index contributed by atoms with van der Waals surface area (Å²) in [5.41, 5.74) is 1.73. The molecule has 1 atom stereocenters. The van der Waals surface area contributed by atoms with Crippen molar-refractivity contribution >= 4 is 5.91 Å². The van der Waals surface area contributed by atoms with E-state index in [-0.39, 0.29) is 11.9 Å². The zero-order valence-corrected chi connectivity index (χ0v) is 15.0. The highest BCUT2D eigenvalue weighted by Gasteiger charge is 2.25. The zero-order chi connectivity index (χ0) is 17.8. The highest BCUT2D eigenvalue weighted by molar-refractivity contribution is 5.92. The van der Waals surface area contributed by atoms with Crippen LogP contribution in [0.3, 0.4) is 0 Å². The van der Waals surface area contributed by atoms with Gasteiger partial charge in [-0.25, -0.2) is 4.68 Å². The fraction of sp³-hybridized carbons (Fsp3) is 0.526. The van der Waals surface area contributed by atoms with Crippen molar-refractivity contribution in [1.29, 1.82) is 0 Å². The van der Waals surface area contributed by atoms with Gasteiger partial charge in [0, 0.05) is 25.7 Å². The SMILES string of the molecule is O=C(NC1CCN(Cc2ccccc2)C1)c1cn(C2CCNCC2)nn1. The molecule has 26 heavy (non-hydrogen) atoms. The van der Waals surface area contributed by atoms with Gasteiger partial charge < -0.3 is 10.6 Å². The van der Waals surface area contributed by atoms with Crippen LogP contribution < -0.4 is 10.6 Å². The van der Waals surface area contributed by atoms with E-state index < -0.39 is 0 Å². The summed E-state index contributed by atoms with van der Waals surface area (Å²) in [6.07, 6.45) is 4.83. The molecule has 2 aliphatic rings. The average molecular weight is 354 g/mol. The summed E-state index contributed by atoms with van der Waals surface area (Å²) in [5, 5.41) is 14.7. The fourth-order valence-corrected chi connectivity index (χ4v) is 3.83. The number of piperidine rings is 1. The topological polar surface area (TPSA) is 75.1 Å². The molecule has 0 saturated carbocycles. The molecule has 0 radical (unpaired) electrons. The van der Waals surface area contributed by atoms with Crippen LogP contribution in [0.5, 0.6) is 0 Å². The molecule has 0 spiro atoms. The molecule has 1 aromatic heterocycles. The molecule has 2 aliphatic heterocycles. The number of likely N-dealkylation sites (tertiary alicyclic amines) is 1. The first kappa shape index (κ1) is 17.2. The quantitative estimate of drug-likeness (QED) is 0.844. The molecule has 1 aromatic carbocycles. The Morgan fingerprint density at radius 1 is 1.19 bits per heavy atom. The molecule has 0 aliphatic carbocycles. The van der Waals surface area contributed by atoms with Crippen molar-refractivity contribution in [2.75, 3.05) is 26.2 Å². The van der Waals surface area contributed by atoms with Gasteiger partial charge in [-0.1, -0.05) is 35.5 Å². The van der Waals surface area contributed by atoms with E-state index in [1.54, 1.807) is 6.20 Å². The molecule has 2 saturated heterocycles. The van der Waals surface area contributed by atoms with Gasteiger partial charge in [-0.15, -0.1) is 5.10 Å². The van der Waals surface area contributed by atoms with E-state index in [1.165, 1.54) is 5.56 Å². The Labute approximate surface area is 153 Å². The summed E-state index contributed by atoms with van der Waals surface area (Å²) in [6.45, 7) is 4.79. The molecule has 7 nitrogen and oxygen atoms in total. The minimum atomic E-state index is -0.114. The number of hydrogen-bond acceptors (Lipinski definition) is 5. The lowest BCUT2D eigenvalue weighted by Crippen LogP contribution is -2.37. The summed E-state index contributed by atoms with van der Waals surface area (Å²) in [7, 11) is 0. The van der Waals surface area contributed by atoms with Gasteiger partial charge in [0.05, 0.1) is 12.2 Å². The van der Waals surface area contributed by atoms with Crippen LogP contribution in [0.1, 0.15) is 41.4 Å². The number of nitrogens with one attached hydrogen (secondary N) is 2. The van der Waals surface area contributed by atoms with E-state index in [2.05, 4.69) is 50.1 Å². The fourth-order valence-electron chi connectivity index (χ4n) is 3.83. The van der Waals surface area contributed by atoms with Crippen LogP contribution in [0, 0.1) is 0 Å². The molecule has 7 heteroatoms. The van der Waals surface area contributed by atoms with E-state index >= 15 is 0 Å². The highest BCUT2D eigenvalue weighted by Crippen LogP contribution is 2.17. The number of benzene rings is 1. The third kappa shape index (κ3) is 4.11. The lowest BCUT2D eigenvalue weighted by Gasteiger charge is -2.22.